The molecule has 0 bridgehead atoms. The Kier molecular flexibility index (Phi) is 6.45. The summed E-state index contributed by atoms with van der Waals surface area (Å²) < 4.78 is 0. The van der Waals surface area contributed by atoms with Crippen LogP contribution in [-0.4, -0.2) is 51.7 Å². The van der Waals surface area contributed by atoms with Crippen molar-refractivity contribution in [3.05, 3.63) is 0 Å². The van der Waals surface area contributed by atoms with Crippen LogP contribution in [0.4, 0.5) is 0 Å². The predicted octanol–water partition coefficient (Wildman–Crippen LogP) is 1.55. The quantitative estimate of drug-likeness (QED) is 0.632. The maximum Gasteiger partial charge on any atom is 0.00127 e. The second kappa shape index (κ2) is 7.34. The summed E-state index contributed by atoms with van der Waals surface area (Å²) in [6.07, 6.45) is 3.92. The summed E-state index contributed by atoms with van der Waals surface area (Å²) in [4.78, 5) is 2.46. The number of hydrogen-bond donors (Lipinski definition) is 2. The molecule has 2 N–H and O–H groups in total. The van der Waals surface area contributed by atoms with E-state index < -0.39 is 0 Å². The first-order valence-electron chi connectivity index (χ1n) is 7.10. The van der Waals surface area contributed by atoms with Gasteiger partial charge < -0.3 is 15.5 Å². The first-order valence-corrected chi connectivity index (χ1v) is 7.10. The number of hydrogen-bond acceptors (Lipinski definition) is 3. The van der Waals surface area contributed by atoms with Gasteiger partial charge in [-0.2, -0.15) is 0 Å². The van der Waals surface area contributed by atoms with E-state index in [2.05, 4.69) is 36.4 Å². The average Bonchev–Trinajstić information content (AvgIpc) is 2.71. The van der Waals surface area contributed by atoms with E-state index in [0.29, 0.717) is 5.41 Å². The lowest BCUT2D eigenvalue weighted by Gasteiger charge is -2.32. The van der Waals surface area contributed by atoms with E-state index in [1.807, 2.05) is 7.05 Å². The van der Waals surface area contributed by atoms with Crippen molar-refractivity contribution in [3.63, 3.8) is 0 Å². The van der Waals surface area contributed by atoms with Crippen LogP contribution in [-0.2, 0) is 0 Å². The molecule has 0 amide bonds. The van der Waals surface area contributed by atoms with Crippen LogP contribution in [0.15, 0.2) is 0 Å². The molecule has 1 rings (SSSR count). The predicted molar refractivity (Wildman–Crippen MR) is 75.4 cm³/mol. The van der Waals surface area contributed by atoms with Gasteiger partial charge in [-0.05, 0) is 64.3 Å². The zero-order valence-corrected chi connectivity index (χ0v) is 12.2. The zero-order valence-electron chi connectivity index (χ0n) is 12.2. The largest absolute Gasteiger partial charge is 0.320 e. The molecule has 0 saturated carbocycles. The van der Waals surface area contributed by atoms with Crippen molar-refractivity contribution >= 4 is 0 Å². The van der Waals surface area contributed by atoms with E-state index in [4.69, 9.17) is 0 Å². The van der Waals surface area contributed by atoms with E-state index in [1.54, 1.807) is 0 Å². The Morgan fingerprint density at radius 2 is 1.94 bits per heavy atom. The van der Waals surface area contributed by atoms with E-state index >= 15 is 0 Å². The fourth-order valence-corrected chi connectivity index (χ4v) is 2.68. The highest BCUT2D eigenvalue weighted by Crippen LogP contribution is 2.33. The van der Waals surface area contributed by atoms with Gasteiger partial charge in [-0.3, -0.25) is 0 Å². The van der Waals surface area contributed by atoms with Crippen molar-refractivity contribution in [1.82, 2.24) is 15.5 Å². The second-order valence-electron chi connectivity index (χ2n) is 6.22. The van der Waals surface area contributed by atoms with Crippen molar-refractivity contribution in [2.75, 3.05) is 46.8 Å². The summed E-state index contributed by atoms with van der Waals surface area (Å²) in [5.41, 5.74) is 0.438. The normalized spacial score (nSPS) is 22.2. The number of nitrogens with zero attached hydrogens (tertiary/aromatic N) is 1. The third kappa shape index (κ3) is 5.36. The Labute approximate surface area is 107 Å². The molecule has 1 unspecified atom stereocenters. The summed E-state index contributed by atoms with van der Waals surface area (Å²) in [5.74, 6) is 0.859. The zero-order chi connectivity index (χ0) is 12.7. The highest BCUT2D eigenvalue weighted by atomic mass is 15.1. The minimum atomic E-state index is 0.438. The molecule has 1 aliphatic rings. The maximum absolute atomic E-state index is 3.63. The van der Waals surface area contributed by atoms with Gasteiger partial charge in [0.05, 0.1) is 0 Å². The Hall–Kier alpha value is -0.120. The Morgan fingerprint density at radius 3 is 2.53 bits per heavy atom. The van der Waals surface area contributed by atoms with Crippen LogP contribution < -0.4 is 10.6 Å². The van der Waals surface area contributed by atoms with Crippen molar-refractivity contribution in [1.29, 1.82) is 0 Å². The molecule has 1 heterocycles. The number of likely N-dealkylation sites (tertiary alicyclic amines) is 1. The topological polar surface area (TPSA) is 27.3 Å². The van der Waals surface area contributed by atoms with Crippen LogP contribution in [0.3, 0.4) is 0 Å². The van der Waals surface area contributed by atoms with Crippen LogP contribution in [0.25, 0.3) is 0 Å². The number of nitrogens with one attached hydrogen (secondary N) is 2. The van der Waals surface area contributed by atoms with Gasteiger partial charge in [0.25, 0.3) is 0 Å². The molecule has 0 spiro atoms. The van der Waals surface area contributed by atoms with Crippen LogP contribution in [0.2, 0.25) is 0 Å². The fourth-order valence-electron chi connectivity index (χ4n) is 2.68. The third-order valence-corrected chi connectivity index (χ3v) is 4.11. The molecule has 17 heavy (non-hydrogen) atoms. The summed E-state index contributed by atoms with van der Waals surface area (Å²) in [5, 5.41) is 6.82. The lowest BCUT2D eigenvalue weighted by atomic mass is 9.78. The molecule has 0 radical (unpaired) electrons. The summed E-state index contributed by atoms with van der Waals surface area (Å²) in [6, 6.07) is 0. The molecular formula is C14H31N3. The van der Waals surface area contributed by atoms with Gasteiger partial charge in [0.2, 0.25) is 0 Å². The summed E-state index contributed by atoms with van der Waals surface area (Å²) in [7, 11) is 4.26. The minimum Gasteiger partial charge on any atom is -0.320 e. The second-order valence-corrected chi connectivity index (χ2v) is 6.22. The van der Waals surface area contributed by atoms with Gasteiger partial charge in [0.15, 0.2) is 0 Å². The lowest BCUT2D eigenvalue weighted by Crippen LogP contribution is -2.37. The average molecular weight is 241 g/mol. The SMILES string of the molecule is CNCCCCNCC(C)(C)C1CCN(C)C1. The smallest absolute Gasteiger partial charge is 0.00127 e. The molecule has 102 valence electrons. The van der Waals surface area contributed by atoms with E-state index in [9.17, 15) is 0 Å². The molecule has 0 aromatic heterocycles. The fraction of sp³-hybridized carbons (Fsp3) is 1.00. The van der Waals surface area contributed by atoms with E-state index in [1.165, 1.54) is 32.4 Å². The summed E-state index contributed by atoms with van der Waals surface area (Å²) in [6.45, 7) is 10.8. The first kappa shape index (κ1) is 14.9. The maximum atomic E-state index is 3.63. The monoisotopic (exact) mass is 241 g/mol. The lowest BCUT2D eigenvalue weighted by molar-refractivity contribution is 0.206. The molecular weight excluding hydrogens is 210 g/mol. The van der Waals surface area contributed by atoms with Crippen LogP contribution >= 0.6 is 0 Å². The highest BCUT2D eigenvalue weighted by Gasteiger charge is 2.33. The third-order valence-electron chi connectivity index (χ3n) is 4.11. The Balaban J connectivity index is 2.12. The minimum absolute atomic E-state index is 0.438. The van der Waals surface area contributed by atoms with Crippen molar-refractivity contribution in [2.45, 2.75) is 33.1 Å². The molecule has 1 aliphatic heterocycles. The van der Waals surface area contributed by atoms with Gasteiger partial charge in [0.1, 0.15) is 0 Å². The van der Waals surface area contributed by atoms with Crippen molar-refractivity contribution in [2.24, 2.45) is 11.3 Å². The Morgan fingerprint density at radius 1 is 1.24 bits per heavy atom. The summed E-state index contributed by atoms with van der Waals surface area (Å²) >= 11 is 0. The van der Waals surface area contributed by atoms with Gasteiger partial charge in [0, 0.05) is 13.1 Å². The number of unbranched alkanes of at least 4 members (excludes halogenated alkanes) is 1. The van der Waals surface area contributed by atoms with Crippen molar-refractivity contribution in [3.8, 4) is 0 Å². The molecule has 3 nitrogen and oxygen atoms in total. The van der Waals surface area contributed by atoms with Gasteiger partial charge in [-0.1, -0.05) is 13.8 Å². The first-order chi connectivity index (χ1) is 8.06. The molecule has 0 aliphatic carbocycles. The van der Waals surface area contributed by atoms with E-state index in [0.717, 1.165) is 25.6 Å². The standard InChI is InChI=1S/C14H31N3/c1-14(2,13-7-10-17(4)11-13)12-16-9-6-5-8-15-3/h13,15-16H,5-12H2,1-4H3. The van der Waals surface area contributed by atoms with Gasteiger partial charge in [-0.25, -0.2) is 0 Å². The number of rotatable bonds is 8. The molecule has 1 fully saturated rings. The van der Waals surface area contributed by atoms with Crippen LogP contribution in [0.5, 0.6) is 0 Å². The molecule has 0 aromatic rings. The molecule has 3 heteroatoms. The highest BCUT2D eigenvalue weighted by molar-refractivity contribution is 4.86. The molecule has 1 atom stereocenters. The molecule has 1 saturated heterocycles. The van der Waals surface area contributed by atoms with Gasteiger partial charge in [-0.15, -0.1) is 0 Å². The Bertz CT molecular complexity index is 204. The van der Waals surface area contributed by atoms with Crippen LogP contribution in [0.1, 0.15) is 33.1 Å². The van der Waals surface area contributed by atoms with Crippen LogP contribution in [0, 0.1) is 11.3 Å². The van der Waals surface area contributed by atoms with Gasteiger partial charge >= 0.3 is 0 Å². The van der Waals surface area contributed by atoms with E-state index in [-0.39, 0.29) is 0 Å². The van der Waals surface area contributed by atoms with Crippen molar-refractivity contribution < 1.29 is 0 Å². The molecule has 0 aromatic carbocycles.